The highest BCUT2D eigenvalue weighted by Gasteiger charge is 2.32. The van der Waals surface area contributed by atoms with Crippen LogP contribution in [0.4, 0.5) is 5.69 Å². The Hall–Kier alpha value is -2.89. The predicted octanol–water partition coefficient (Wildman–Crippen LogP) is 1.52. The van der Waals surface area contributed by atoms with E-state index in [0.29, 0.717) is 17.2 Å². The third-order valence-electron chi connectivity index (χ3n) is 4.34. The molecule has 0 radical (unpaired) electrons. The zero-order valence-electron chi connectivity index (χ0n) is 16.5. The lowest BCUT2D eigenvalue weighted by atomic mass is 10.1. The lowest BCUT2D eigenvalue weighted by molar-refractivity contribution is -0.587. The SMILES string of the molecule is CC[C@@H]([NH2+]C1=NS(=O)(=O)N=C1Nc1cccc(C(=O)N(C)C)c1O)c1cc(Cl)co1. The molecule has 4 N–H and O–H groups in total. The topological polar surface area (TPSA) is 141 Å². The molecule has 1 aromatic carbocycles. The van der Waals surface area contributed by atoms with Crippen molar-refractivity contribution in [2.75, 3.05) is 19.4 Å². The Morgan fingerprint density at radius 1 is 1.37 bits per heavy atom. The minimum absolute atomic E-state index is 0.0607. The molecule has 2 heterocycles. The van der Waals surface area contributed by atoms with E-state index in [0.717, 1.165) is 0 Å². The third kappa shape index (κ3) is 4.64. The van der Waals surface area contributed by atoms with Crippen molar-refractivity contribution in [1.82, 2.24) is 4.90 Å². The second-order valence-corrected chi connectivity index (χ2v) is 8.44. The van der Waals surface area contributed by atoms with Crippen LogP contribution < -0.4 is 10.6 Å². The Balaban J connectivity index is 1.89. The molecule has 12 heteroatoms. The molecule has 10 nitrogen and oxygen atoms in total. The molecule has 0 saturated heterocycles. The summed E-state index contributed by atoms with van der Waals surface area (Å²) in [4.78, 5) is 13.5. The van der Waals surface area contributed by atoms with Gasteiger partial charge in [0.25, 0.3) is 11.7 Å². The zero-order chi connectivity index (χ0) is 22.1. The number of nitrogens with two attached hydrogens (primary N) is 1. The van der Waals surface area contributed by atoms with Gasteiger partial charge in [0.2, 0.25) is 5.84 Å². The number of halogens is 1. The smallest absolute Gasteiger partial charge is 0.370 e. The van der Waals surface area contributed by atoms with E-state index in [1.807, 2.05) is 6.92 Å². The van der Waals surface area contributed by atoms with Gasteiger partial charge in [-0.1, -0.05) is 29.0 Å². The number of amides is 1. The number of phenols is 1. The standard InChI is InChI=1S/C18H20ClN5O5S/c1-4-12(14-8-10(19)9-29-14)20-16-17(23-30(27,28)22-16)21-13-7-5-6-11(15(13)25)18(26)24(2)3/h5-9,12,25H,4H2,1-3H3,(H,20,22)(H,21,23)/p+1/t12-/m1/s1. The highest BCUT2D eigenvalue weighted by molar-refractivity contribution is 7.89. The highest BCUT2D eigenvalue weighted by Crippen LogP contribution is 2.29. The zero-order valence-corrected chi connectivity index (χ0v) is 18.0. The van der Waals surface area contributed by atoms with Crippen molar-refractivity contribution in [3.05, 3.63) is 46.9 Å². The molecule has 30 heavy (non-hydrogen) atoms. The molecule has 1 amide bonds. The molecule has 0 unspecified atom stereocenters. The molecule has 160 valence electrons. The molecular weight excluding hydrogens is 434 g/mol. The molecule has 0 bridgehead atoms. The first kappa shape index (κ1) is 21.8. The van der Waals surface area contributed by atoms with Crippen molar-refractivity contribution < 1.29 is 28.1 Å². The second-order valence-electron chi connectivity index (χ2n) is 6.74. The predicted molar refractivity (Wildman–Crippen MR) is 112 cm³/mol. The summed E-state index contributed by atoms with van der Waals surface area (Å²) in [6.07, 6.45) is 1.98. The number of quaternary nitrogens is 1. The maximum Gasteiger partial charge on any atom is 0.370 e. The second kappa shape index (κ2) is 8.46. The fourth-order valence-electron chi connectivity index (χ4n) is 2.85. The van der Waals surface area contributed by atoms with Gasteiger partial charge < -0.3 is 19.7 Å². The molecule has 2 aromatic rings. The van der Waals surface area contributed by atoms with Gasteiger partial charge in [0, 0.05) is 26.6 Å². The molecule has 1 aliphatic heterocycles. The molecule has 1 aromatic heterocycles. The van der Waals surface area contributed by atoms with Gasteiger partial charge in [-0.25, -0.2) is 0 Å². The summed E-state index contributed by atoms with van der Waals surface area (Å²) >= 11 is 5.91. The maximum atomic E-state index is 12.2. The van der Waals surface area contributed by atoms with Gasteiger partial charge in [-0.3, -0.25) is 10.1 Å². The van der Waals surface area contributed by atoms with Gasteiger partial charge >= 0.3 is 10.2 Å². The Kier molecular flexibility index (Phi) is 6.15. The van der Waals surface area contributed by atoms with Crippen LogP contribution in [0.3, 0.4) is 0 Å². The maximum absolute atomic E-state index is 12.2. The number of hydrogen-bond acceptors (Lipinski definition) is 6. The first-order valence-electron chi connectivity index (χ1n) is 8.96. The number of anilines is 1. The largest absolute Gasteiger partial charge is 0.505 e. The van der Waals surface area contributed by atoms with E-state index in [2.05, 4.69) is 14.1 Å². The van der Waals surface area contributed by atoms with Crippen LogP contribution in [0.15, 0.2) is 43.7 Å². The number of para-hydroxylation sites is 1. The average Bonchev–Trinajstić information content (AvgIpc) is 3.23. The highest BCUT2D eigenvalue weighted by atomic mass is 35.5. The summed E-state index contributed by atoms with van der Waals surface area (Å²) < 4.78 is 36.7. The Morgan fingerprint density at radius 3 is 2.70 bits per heavy atom. The third-order valence-corrected chi connectivity index (χ3v) is 5.38. The summed E-state index contributed by atoms with van der Waals surface area (Å²) in [5, 5.41) is 15.3. The summed E-state index contributed by atoms with van der Waals surface area (Å²) in [5.74, 6) is -0.185. The minimum Gasteiger partial charge on any atom is -0.505 e. The van der Waals surface area contributed by atoms with Crippen molar-refractivity contribution in [2.45, 2.75) is 19.4 Å². The van der Waals surface area contributed by atoms with E-state index in [-0.39, 0.29) is 34.7 Å². The average molecular weight is 455 g/mol. The summed E-state index contributed by atoms with van der Waals surface area (Å²) in [6.45, 7) is 1.90. The Labute approximate surface area is 178 Å². The van der Waals surface area contributed by atoms with Crippen LogP contribution in [-0.4, -0.2) is 50.1 Å². The Bertz CT molecular complexity index is 1140. The van der Waals surface area contributed by atoms with Crippen molar-refractivity contribution in [3.63, 3.8) is 0 Å². The van der Waals surface area contributed by atoms with Crippen LogP contribution in [0.1, 0.15) is 35.5 Å². The number of nitrogens with one attached hydrogen (secondary N) is 1. The van der Waals surface area contributed by atoms with E-state index in [1.54, 1.807) is 31.5 Å². The van der Waals surface area contributed by atoms with E-state index in [9.17, 15) is 18.3 Å². The van der Waals surface area contributed by atoms with Gasteiger partial charge in [0.1, 0.15) is 6.26 Å². The van der Waals surface area contributed by atoms with Crippen LogP contribution in [0, 0.1) is 0 Å². The fraction of sp³-hybridized carbons (Fsp3) is 0.278. The first-order chi connectivity index (χ1) is 14.1. The number of phenolic OH excluding ortho intramolecular Hbond substituents is 1. The Morgan fingerprint density at radius 2 is 2.10 bits per heavy atom. The number of nitrogens with zero attached hydrogens (tertiary/aromatic N) is 3. The van der Waals surface area contributed by atoms with Crippen molar-refractivity contribution in [3.8, 4) is 5.75 Å². The molecule has 1 atom stereocenters. The van der Waals surface area contributed by atoms with Gasteiger partial charge in [0.05, 0.1) is 16.3 Å². The minimum atomic E-state index is -4.08. The molecule has 0 fully saturated rings. The van der Waals surface area contributed by atoms with Gasteiger partial charge in [0.15, 0.2) is 17.6 Å². The lowest BCUT2D eigenvalue weighted by Crippen LogP contribution is -2.90. The van der Waals surface area contributed by atoms with Gasteiger partial charge in [-0.2, -0.15) is 8.42 Å². The van der Waals surface area contributed by atoms with E-state index in [1.165, 1.54) is 23.3 Å². The molecule has 0 saturated carbocycles. The molecular formula is C18H21ClN5O5S+. The van der Waals surface area contributed by atoms with E-state index < -0.39 is 16.1 Å². The van der Waals surface area contributed by atoms with Gasteiger partial charge in [-0.05, 0) is 12.1 Å². The molecule has 0 spiro atoms. The van der Waals surface area contributed by atoms with Crippen LogP contribution >= 0.6 is 11.6 Å². The number of carbonyl (C=O) groups is 1. The van der Waals surface area contributed by atoms with E-state index in [4.69, 9.17) is 16.0 Å². The number of amidine groups is 2. The van der Waals surface area contributed by atoms with Gasteiger partial charge in [-0.15, -0.1) is 4.40 Å². The number of carbonyl (C=O) groups excluding carboxylic acids is 1. The molecule has 1 aliphatic rings. The summed E-state index contributed by atoms with van der Waals surface area (Å²) in [5.41, 5.74) is 0.180. The monoisotopic (exact) mass is 454 g/mol. The number of furan rings is 1. The molecule has 3 rings (SSSR count). The quantitative estimate of drug-likeness (QED) is 0.585. The van der Waals surface area contributed by atoms with Crippen molar-refractivity contribution >= 4 is 45.1 Å². The normalized spacial score (nSPS) is 16.0. The van der Waals surface area contributed by atoms with E-state index >= 15 is 0 Å². The van der Waals surface area contributed by atoms with Crippen LogP contribution in [0.2, 0.25) is 5.02 Å². The van der Waals surface area contributed by atoms with Crippen LogP contribution in [0.5, 0.6) is 5.75 Å². The number of rotatable bonds is 5. The summed E-state index contributed by atoms with van der Waals surface area (Å²) in [7, 11) is -0.966. The molecule has 0 aliphatic carbocycles. The number of aromatic hydroxyl groups is 1. The lowest BCUT2D eigenvalue weighted by Gasteiger charge is -2.15. The first-order valence-corrected chi connectivity index (χ1v) is 10.7. The summed E-state index contributed by atoms with van der Waals surface area (Å²) in [6, 6.07) is 5.86. The fourth-order valence-corrected chi connectivity index (χ4v) is 3.80. The number of benzene rings is 1. The number of hydrogen-bond donors (Lipinski definition) is 3. The van der Waals surface area contributed by atoms with Crippen LogP contribution in [0.25, 0.3) is 0 Å². The van der Waals surface area contributed by atoms with Crippen molar-refractivity contribution in [1.29, 1.82) is 0 Å². The van der Waals surface area contributed by atoms with Crippen molar-refractivity contribution in [2.24, 2.45) is 8.80 Å². The van der Waals surface area contributed by atoms with Crippen LogP contribution in [-0.2, 0) is 10.2 Å².